The highest BCUT2D eigenvalue weighted by Gasteiger charge is 2.24. The second kappa shape index (κ2) is 6.60. The fourth-order valence-corrected chi connectivity index (χ4v) is 3.90. The molecule has 0 spiro atoms. The molecule has 90 valence electrons. The molecule has 0 radical (unpaired) electrons. The van der Waals surface area contributed by atoms with Crippen LogP contribution in [0.3, 0.4) is 0 Å². The van der Waals surface area contributed by atoms with Crippen LogP contribution in [0.2, 0.25) is 0 Å². The first kappa shape index (κ1) is 13.2. The van der Waals surface area contributed by atoms with Gasteiger partial charge in [0.15, 0.2) is 12.5 Å². The van der Waals surface area contributed by atoms with Crippen molar-refractivity contribution in [3.8, 4) is 0 Å². The van der Waals surface area contributed by atoms with Crippen molar-refractivity contribution in [2.75, 3.05) is 26.3 Å². The molecule has 16 heavy (non-hydrogen) atoms. The third-order valence-electron chi connectivity index (χ3n) is 2.07. The molecule has 0 amide bonds. The highest BCUT2D eigenvalue weighted by atomic mass is 33.1. The number of ether oxygens (including phenoxy) is 2. The fraction of sp³-hybridized carbons (Fsp3) is 0.750. The van der Waals surface area contributed by atoms with E-state index in [9.17, 15) is 0 Å². The maximum Gasteiger partial charge on any atom is 0.151 e. The van der Waals surface area contributed by atoms with Crippen LogP contribution in [0.4, 0.5) is 0 Å². The van der Waals surface area contributed by atoms with Crippen LogP contribution in [0, 0.1) is 0 Å². The predicted octanol–water partition coefficient (Wildman–Crippen LogP) is 0.914. The summed E-state index contributed by atoms with van der Waals surface area (Å²) >= 11 is 10.5. The van der Waals surface area contributed by atoms with Gasteiger partial charge in [-0.1, -0.05) is 24.4 Å². The molecule has 2 fully saturated rings. The lowest BCUT2D eigenvalue weighted by Crippen LogP contribution is -2.30. The first-order valence-corrected chi connectivity index (χ1v) is 7.86. The summed E-state index contributed by atoms with van der Waals surface area (Å²) in [6.07, 6.45) is -0.236. The normalized spacial score (nSPS) is 29.5. The molecular weight excluding hydrogens is 284 g/mol. The van der Waals surface area contributed by atoms with E-state index >= 15 is 0 Å². The number of rotatable bonds is 2. The summed E-state index contributed by atoms with van der Waals surface area (Å²) in [5, 5.41) is 6.32. The highest BCUT2D eigenvalue weighted by Crippen LogP contribution is 2.29. The molecule has 2 N–H and O–H groups in total. The number of nitrogens with one attached hydrogen (secondary N) is 2. The molecule has 2 aliphatic rings. The van der Waals surface area contributed by atoms with Crippen LogP contribution in [0.5, 0.6) is 0 Å². The van der Waals surface area contributed by atoms with Gasteiger partial charge in [-0.2, -0.15) is 0 Å². The molecule has 2 saturated heterocycles. The van der Waals surface area contributed by atoms with E-state index in [-0.39, 0.29) is 12.5 Å². The van der Waals surface area contributed by atoms with Gasteiger partial charge in [-0.05, 0) is 21.6 Å². The summed E-state index contributed by atoms with van der Waals surface area (Å²) in [5.41, 5.74) is 0. The molecule has 0 aromatic heterocycles. The zero-order chi connectivity index (χ0) is 11.4. The summed E-state index contributed by atoms with van der Waals surface area (Å²) in [6, 6.07) is 0. The lowest BCUT2D eigenvalue weighted by molar-refractivity contribution is 0.155. The van der Waals surface area contributed by atoms with Gasteiger partial charge in [0, 0.05) is 13.1 Å². The molecule has 2 unspecified atom stereocenters. The molecule has 2 atom stereocenters. The monoisotopic (exact) mass is 296 g/mol. The minimum absolute atomic E-state index is 0.118. The van der Waals surface area contributed by atoms with Crippen molar-refractivity contribution in [2.45, 2.75) is 12.5 Å². The molecule has 2 heterocycles. The zero-order valence-electron chi connectivity index (χ0n) is 8.43. The van der Waals surface area contributed by atoms with Crippen LogP contribution in [0.15, 0.2) is 0 Å². The maximum absolute atomic E-state index is 5.40. The third kappa shape index (κ3) is 3.61. The van der Waals surface area contributed by atoms with Crippen molar-refractivity contribution in [1.29, 1.82) is 0 Å². The second-order valence-electron chi connectivity index (χ2n) is 3.21. The van der Waals surface area contributed by atoms with Crippen LogP contribution in [-0.4, -0.2) is 47.2 Å². The van der Waals surface area contributed by atoms with Crippen molar-refractivity contribution in [2.24, 2.45) is 0 Å². The molecule has 0 bridgehead atoms. The summed E-state index contributed by atoms with van der Waals surface area (Å²) in [4.78, 5) is 0. The molecule has 0 aliphatic carbocycles. The van der Waals surface area contributed by atoms with Crippen molar-refractivity contribution in [1.82, 2.24) is 10.6 Å². The molecule has 2 aliphatic heterocycles. The van der Waals surface area contributed by atoms with Gasteiger partial charge < -0.3 is 9.47 Å². The second-order valence-corrected chi connectivity index (χ2v) is 6.82. The van der Waals surface area contributed by atoms with Gasteiger partial charge in [-0.3, -0.25) is 10.6 Å². The highest BCUT2D eigenvalue weighted by molar-refractivity contribution is 8.89. The number of thiocarbonyl (C=S) groups is 2. The van der Waals surface area contributed by atoms with Crippen molar-refractivity contribution in [3.63, 3.8) is 0 Å². The molecule has 0 aromatic rings. The smallest absolute Gasteiger partial charge is 0.151 e. The van der Waals surface area contributed by atoms with Crippen LogP contribution in [0.1, 0.15) is 0 Å². The summed E-state index contributed by atoms with van der Waals surface area (Å²) in [6.45, 7) is 3.14. The topological polar surface area (TPSA) is 42.5 Å². The Hall–Kier alpha value is 0.720. The molecular formula is C8H12N2O2S4. The van der Waals surface area contributed by atoms with E-state index < -0.39 is 0 Å². The molecule has 2 rings (SSSR count). The maximum atomic E-state index is 5.40. The molecule has 4 nitrogen and oxygen atoms in total. The Morgan fingerprint density at radius 2 is 1.38 bits per heavy atom. The molecule has 8 heteroatoms. The average molecular weight is 296 g/mol. The van der Waals surface area contributed by atoms with Crippen LogP contribution < -0.4 is 10.6 Å². The SMILES string of the molecule is S=C(SSC(=S)C1NCCO1)C1NCCO1. The minimum atomic E-state index is -0.118. The number of hydrogen-bond acceptors (Lipinski definition) is 8. The molecule has 0 saturated carbocycles. The standard InChI is InChI=1S/C8H12N2O2S4/c13-7(5-9-1-3-11-5)15-16-8(14)6-10-2-4-12-6/h5-6,9-10H,1-4H2. The van der Waals surface area contributed by atoms with E-state index in [0.29, 0.717) is 13.2 Å². The van der Waals surface area contributed by atoms with Gasteiger partial charge >= 0.3 is 0 Å². The Labute approximate surface area is 113 Å². The predicted molar refractivity (Wildman–Crippen MR) is 75.9 cm³/mol. The Morgan fingerprint density at radius 3 is 1.69 bits per heavy atom. The number of hydrogen-bond donors (Lipinski definition) is 2. The average Bonchev–Trinajstić information content (AvgIpc) is 2.95. The van der Waals surface area contributed by atoms with E-state index in [1.165, 1.54) is 21.6 Å². The van der Waals surface area contributed by atoms with E-state index in [4.69, 9.17) is 33.9 Å². The van der Waals surface area contributed by atoms with Crippen LogP contribution in [-0.2, 0) is 9.47 Å². The van der Waals surface area contributed by atoms with Crippen molar-refractivity contribution in [3.05, 3.63) is 0 Å². The Kier molecular flexibility index (Phi) is 5.43. The molecule has 0 aromatic carbocycles. The lowest BCUT2D eigenvalue weighted by Gasteiger charge is -2.13. The quantitative estimate of drug-likeness (QED) is 0.576. The van der Waals surface area contributed by atoms with E-state index in [0.717, 1.165) is 21.5 Å². The van der Waals surface area contributed by atoms with Gasteiger partial charge in [-0.15, -0.1) is 0 Å². The minimum Gasteiger partial charge on any atom is -0.356 e. The summed E-state index contributed by atoms with van der Waals surface area (Å²) < 4.78 is 12.4. The lowest BCUT2D eigenvalue weighted by atomic mass is 10.6. The van der Waals surface area contributed by atoms with Gasteiger partial charge in [-0.25, -0.2) is 0 Å². The Balaban J connectivity index is 1.69. The van der Waals surface area contributed by atoms with Gasteiger partial charge in [0.05, 0.1) is 13.2 Å². The summed E-state index contributed by atoms with van der Waals surface area (Å²) in [7, 11) is 2.94. The Morgan fingerprint density at radius 1 is 0.938 bits per heavy atom. The Bertz CT molecular complexity index is 249. The van der Waals surface area contributed by atoms with E-state index in [2.05, 4.69) is 10.6 Å². The van der Waals surface area contributed by atoms with E-state index in [1.807, 2.05) is 0 Å². The zero-order valence-corrected chi connectivity index (χ0v) is 11.7. The van der Waals surface area contributed by atoms with Gasteiger partial charge in [0.1, 0.15) is 8.39 Å². The first-order valence-electron chi connectivity index (χ1n) is 4.89. The third-order valence-corrected chi connectivity index (χ3v) is 5.80. The fourth-order valence-electron chi connectivity index (χ4n) is 1.32. The van der Waals surface area contributed by atoms with Crippen molar-refractivity contribution < 1.29 is 9.47 Å². The van der Waals surface area contributed by atoms with Crippen LogP contribution >= 0.6 is 46.0 Å². The summed E-state index contributed by atoms with van der Waals surface area (Å²) in [5.74, 6) is 0. The first-order chi connectivity index (χ1) is 7.77. The largest absolute Gasteiger partial charge is 0.356 e. The van der Waals surface area contributed by atoms with Crippen molar-refractivity contribution >= 4 is 54.4 Å². The van der Waals surface area contributed by atoms with Crippen LogP contribution in [0.25, 0.3) is 0 Å². The van der Waals surface area contributed by atoms with Gasteiger partial charge in [0.25, 0.3) is 0 Å². The van der Waals surface area contributed by atoms with E-state index in [1.54, 1.807) is 0 Å². The van der Waals surface area contributed by atoms with Gasteiger partial charge in [0.2, 0.25) is 0 Å².